The Morgan fingerprint density at radius 2 is 1.69 bits per heavy atom. The molecule has 0 unspecified atom stereocenters. The van der Waals surface area contributed by atoms with Crippen molar-refractivity contribution in [3.8, 4) is 0 Å². The first-order valence-electron chi connectivity index (χ1n) is 10.1. The second-order valence-corrected chi connectivity index (χ2v) is 8.53. The van der Waals surface area contributed by atoms with Crippen LogP contribution < -0.4 is 0 Å². The number of rotatable bonds is 5. The van der Waals surface area contributed by atoms with Crippen LogP contribution in [0.25, 0.3) is 0 Å². The first kappa shape index (κ1) is 20.8. The van der Waals surface area contributed by atoms with Crippen LogP contribution in [-0.4, -0.2) is 51.4 Å². The summed E-state index contributed by atoms with van der Waals surface area (Å²) in [6.45, 7) is 1.68. The molecule has 1 saturated heterocycles. The van der Waals surface area contributed by atoms with Gasteiger partial charge in [-0.1, -0.05) is 54.9 Å². The lowest BCUT2D eigenvalue weighted by atomic mass is 9.84. The first-order chi connectivity index (χ1) is 13.9. The third kappa shape index (κ3) is 3.61. The van der Waals surface area contributed by atoms with Crippen LogP contribution >= 0.6 is 11.6 Å². The molecule has 1 aliphatic carbocycles. The lowest BCUT2D eigenvalue weighted by Gasteiger charge is -2.40. The summed E-state index contributed by atoms with van der Waals surface area (Å²) in [5.41, 5.74) is 3.97. The van der Waals surface area contributed by atoms with Crippen LogP contribution in [0.3, 0.4) is 0 Å². The van der Waals surface area contributed by atoms with E-state index in [-0.39, 0.29) is 5.41 Å². The molecule has 2 aliphatic rings. The molecule has 5 atom stereocenters. The summed E-state index contributed by atoms with van der Waals surface area (Å²) in [4.78, 5) is 0. The van der Waals surface area contributed by atoms with Crippen molar-refractivity contribution in [3.63, 3.8) is 0 Å². The van der Waals surface area contributed by atoms with Gasteiger partial charge < -0.3 is 25.2 Å². The Kier molecular flexibility index (Phi) is 5.73. The fourth-order valence-electron chi connectivity index (χ4n) is 4.36. The van der Waals surface area contributed by atoms with Gasteiger partial charge in [-0.3, -0.25) is 0 Å². The predicted molar refractivity (Wildman–Crippen MR) is 110 cm³/mol. The SMILES string of the molecule is CCc1ccc(C2(c3cc([C@@H]4O[C@H](CO)[C@@H](O)[C@H](O)[C@H]4O)ccc3Cl)CC2)cc1. The molecular weight excluding hydrogens is 392 g/mol. The van der Waals surface area contributed by atoms with Gasteiger partial charge in [-0.25, -0.2) is 0 Å². The van der Waals surface area contributed by atoms with E-state index in [4.69, 9.17) is 16.3 Å². The number of halogens is 1. The second kappa shape index (κ2) is 7.99. The Labute approximate surface area is 175 Å². The first-order valence-corrected chi connectivity index (χ1v) is 10.5. The van der Waals surface area contributed by atoms with Gasteiger partial charge in [0.2, 0.25) is 0 Å². The number of aliphatic hydroxyl groups excluding tert-OH is 4. The zero-order chi connectivity index (χ0) is 20.8. The van der Waals surface area contributed by atoms with Gasteiger partial charge in [-0.05, 0) is 47.6 Å². The van der Waals surface area contributed by atoms with Crippen molar-refractivity contribution in [1.29, 1.82) is 0 Å². The Morgan fingerprint density at radius 1 is 1.00 bits per heavy atom. The Morgan fingerprint density at radius 3 is 2.28 bits per heavy atom. The molecule has 1 heterocycles. The fourth-order valence-corrected chi connectivity index (χ4v) is 4.66. The second-order valence-electron chi connectivity index (χ2n) is 8.12. The van der Waals surface area contributed by atoms with E-state index in [1.165, 1.54) is 11.1 Å². The summed E-state index contributed by atoms with van der Waals surface area (Å²) < 4.78 is 5.73. The molecule has 6 heteroatoms. The van der Waals surface area contributed by atoms with Gasteiger partial charge in [0.15, 0.2) is 0 Å². The summed E-state index contributed by atoms with van der Waals surface area (Å²) in [6.07, 6.45) is -2.92. The van der Waals surface area contributed by atoms with Gasteiger partial charge in [-0.15, -0.1) is 0 Å². The molecule has 2 aromatic rings. The monoisotopic (exact) mass is 418 g/mol. The van der Waals surface area contributed by atoms with Crippen LogP contribution in [0.5, 0.6) is 0 Å². The van der Waals surface area contributed by atoms with Gasteiger partial charge in [0, 0.05) is 10.4 Å². The highest BCUT2D eigenvalue weighted by Gasteiger charge is 2.48. The molecular formula is C23H27ClO5. The van der Waals surface area contributed by atoms with Crippen LogP contribution in [0.4, 0.5) is 0 Å². The van der Waals surface area contributed by atoms with Crippen molar-refractivity contribution in [2.24, 2.45) is 0 Å². The minimum absolute atomic E-state index is 0.159. The number of aliphatic hydroxyl groups is 4. The number of ether oxygens (including phenoxy) is 1. The van der Waals surface area contributed by atoms with Gasteiger partial charge in [0.25, 0.3) is 0 Å². The number of benzene rings is 2. The molecule has 0 bridgehead atoms. The fraction of sp³-hybridized carbons (Fsp3) is 0.478. The number of hydrogen-bond donors (Lipinski definition) is 4. The van der Waals surface area contributed by atoms with E-state index < -0.39 is 37.1 Å². The Balaban J connectivity index is 1.69. The van der Waals surface area contributed by atoms with Gasteiger partial charge in [0.05, 0.1) is 6.61 Å². The van der Waals surface area contributed by atoms with E-state index in [0.29, 0.717) is 10.6 Å². The van der Waals surface area contributed by atoms with Gasteiger partial charge >= 0.3 is 0 Å². The maximum atomic E-state index is 10.5. The molecule has 0 spiro atoms. The van der Waals surface area contributed by atoms with Crippen LogP contribution in [-0.2, 0) is 16.6 Å². The minimum Gasteiger partial charge on any atom is -0.394 e. The Bertz CT molecular complexity index is 862. The Hall–Kier alpha value is -1.47. The topological polar surface area (TPSA) is 90.2 Å². The number of hydrogen-bond acceptors (Lipinski definition) is 5. The van der Waals surface area contributed by atoms with E-state index in [1.807, 2.05) is 6.07 Å². The van der Waals surface area contributed by atoms with Crippen molar-refractivity contribution in [3.05, 3.63) is 69.7 Å². The molecule has 5 nitrogen and oxygen atoms in total. The van der Waals surface area contributed by atoms with E-state index >= 15 is 0 Å². The lowest BCUT2D eigenvalue weighted by molar-refractivity contribution is -0.231. The quantitative estimate of drug-likeness (QED) is 0.599. The summed E-state index contributed by atoms with van der Waals surface area (Å²) in [6, 6.07) is 14.1. The van der Waals surface area contributed by atoms with E-state index in [1.54, 1.807) is 12.1 Å². The van der Waals surface area contributed by atoms with Crippen molar-refractivity contribution in [2.45, 2.75) is 62.1 Å². The molecule has 4 rings (SSSR count). The lowest BCUT2D eigenvalue weighted by Crippen LogP contribution is -2.55. The van der Waals surface area contributed by atoms with Crippen molar-refractivity contribution in [2.75, 3.05) is 6.61 Å². The molecule has 0 amide bonds. The van der Waals surface area contributed by atoms with Crippen LogP contribution in [0, 0.1) is 0 Å². The van der Waals surface area contributed by atoms with Crippen LogP contribution in [0.2, 0.25) is 5.02 Å². The zero-order valence-electron chi connectivity index (χ0n) is 16.3. The predicted octanol–water partition coefficient (Wildman–Crippen LogP) is 2.50. The van der Waals surface area contributed by atoms with Crippen LogP contribution in [0.1, 0.15) is 48.1 Å². The van der Waals surface area contributed by atoms with E-state index in [0.717, 1.165) is 24.8 Å². The summed E-state index contributed by atoms with van der Waals surface area (Å²) >= 11 is 6.58. The maximum absolute atomic E-state index is 10.5. The highest BCUT2D eigenvalue weighted by atomic mass is 35.5. The van der Waals surface area contributed by atoms with E-state index in [9.17, 15) is 20.4 Å². The van der Waals surface area contributed by atoms with E-state index in [2.05, 4.69) is 31.2 Å². The van der Waals surface area contributed by atoms with Gasteiger partial charge in [-0.2, -0.15) is 0 Å². The van der Waals surface area contributed by atoms with Crippen molar-refractivity contribution in [1.82, 2.24) is 0 Å². The normalized spacial score (nSPS) is 30.9. The molecule has 4 N–H and O–H groups in total. The molecule has 29 heavy (non-hydrogen) atoms. The number of aryl methyl sites for hydroxylation is 1. The molecule has 0 radical (unpaired) electrons. The highest BCUT2D eigenvalue weighted by Crippen LogP contribution is 2.56. The third-order valence-corrected chi connectivity index (χ3v) is 6.72. The summed E-state index contributed by atoms with van der Waals surface area (Å²) in [5, 5.41) is 40.8. The average molecular weight is 419 g/mol. The van der Waals surface area contributed by atoms with Crippen molar-refractivity contribution < 1.29 is 25.2 Å². The van der Waals surface area contributed by atoms with Crippen LogP contribution in [0.15, 0.2) is 42.5 Å². The summed E-state index contributed by atoms with van der Waals surface area (Å²) in [5.74, 6) is 0. The third-order valence-electron chi connectivity index (χ3n) is 6.39. The van der Waals surface area contributed by atoms with Crippen molar-refractivity contribution >= 4 is 11.6 Å². The molecule has 2 fully saturated rings. The smallest absolute Gasteiger partial charge is 0.113 e. The summed E-state index contributed by atoms with van der Waals surface area (Å²) in [7, 11) is 0. The molecule has 1 saturated carbocycles. The average Bonchev–Trinajstić information content (AvgIpc) is 3.55. The molecule has 1 aliphatic heterocycles. The minimum atomic E-state index is -1.40. The van der Waals surface area contributed by atoms with Gasteiger partial charge in [0.1, 0.15) is 30.5 Å². The standard InChI is InChI=1S/C23H27ClO5/c1-2-13-3-6-15(7-4-13)23(9-10-23)16-11-14(5-8-17(16)24)22-21(28)20(27)19(26)18(12-25)29-22/h3-8,11,18-22,25-28H,2,9-10,12H2,1H3/t18-,19-,20+,21-,22+/m1/s1. The molecule has 0 aromatic heterocycles. The maximum Gasteiger partial charge on any atom is 0.113 e. The molecule has 156 valence electrons. The molecule has 2 aromatic carbocycles. The zero-order valence-corrected chi connectivity index (χ0v) is 17.1. The largest absolute Gasteiger partial charge is 0.394 e. The highest BCUT2D eigenvalue weighted by molar-refractivity contribution is 6.31.